The van der Waals surface area contributed by atoms with Gasteiger partial charge in [0.15, 0.2) is 5.82 Å². The van der Waals surface area contributed by atoms with Crippen LogP contribution in [0.1, 0.15) is 18.1 Å². The second-order valence-corrected chi connectivity index (χ2v) is 3.24. The van der Waals surface area contributed by atoms with Crippen LogP contribution in [0.3, 0.4) is 0 Å². The van der Waals surface area contributed by atoms with Gasteiger partial charge >= 0.3 is 0 Å². The fourth-order valence-electron chi connectivity index (χ4n) is 1.22. The highest BCUT2D eigenvalue weighted by molar-refractivity contribution is 5.61. The predicted molar refractivity (Wildman–Crippen MR) is 52.0 cm³/mol. The summed E-state index contributed by atoms with van der Waals surface area (Å²) in [5, 5.41) is 8.13. The molecule has 13 heavy (non-hydrogen) atoms. The maximum Gasteiger partial charge on any atom is 0.181 e. The number of aromatic nitrogens is 1. The van der Waals surface area contributed by atoms with Gasteiger partial charge in [-0.2, -0.15) is 5.11 Å². The Bertz CT molecular complexity index is 380. The van der Waals surface area contributed by atoms with Crippen molar-refractivity contribution in [2.75, 3.05) is 0 Å². The zero-order chi connectivity index (χ0) is 9.26. The Morgan fingerprint density at radius 1 is 1.38 bits per heavy atom. The Labute approximate surface area is 77.2 Å². The Hall–Kier alpha value is -1.51. The maximum atomic E-state index is 4.20. The van der Waals surface area contributed by atoms with Crippen LogP contribution >= 0.6 is 0 Å². The Balaban J connectivity index is 2.53. The highest BCUT2D eigenvalue weighted by atomic mass is 15.2. The molecular formula is C10H11N3. The molecule has 3 nitrogen and oxygen atoms in total. The summed E-state index contributed by atoms with van der Waals surface area (Å²) in [6.45, 7) is 4.02. The van der Waals surface area contributed by atoms with E-state index in [1.54, 1.807) is 0 Å². The van der Waals surface area contributed by atoms with Gasteiger partial charge in [0.25, 0.3) is 0 Å². The number of nitrogens with zero attached hydrogens (tertiary/aromatic N) is 3. The monoisotopic (exact) mass is 173 g/mol. The molecular weight excluding hydrogens is 162 g/mol. The Kier molecular flexibility index (Phi) is 1.93. The molecule has 1 aromatic rings. The predicted octanol–water partition coefficient (Wildman–Crippen LogP) is 2.89. The molecule has 0 aromatic carbocycles. The van der Waals surface area contributed by atoms with Crippen molar-refractivity contribution in [1.82, 2.24) is 4.98 Å². The molecule has 66 valence electrons. The van der Waals surface area contributed by atoms with Gasteiger partial charge < -0.3 is 0 Å². The lowest BCUT2D eigenvalue weighted by Crippen LogP contribution is -1.86. The van der Waals surface area contributed by atoms with E-state index in [0.29, 0.717) is 5.82 Å². The van der Waals surface area contributed by atoms with Crippen molar-refractivity contribution in [2.45, 2.75) is 19.9 Å². The van der Waals surface area contributed by atoms with E-state index in [9.17, 15) is 0 Å². The van der Waals surface area contributed by atoms with Crippen LogP contribution in [0.4, 0.5) is 5.82 Å². The quantitative estimate of drug-likeness (QED) is 0.594. The second-order valence-electron chi connectivity index (χ2n) is 3.24. The number of hydrogen-bond acceptors (Lipinski definition) is 3. The van der Waals surface area contributed by atoms with Gasteiger partial charge in [-0.15, -0.1) is 5.11 Å². The lowest BCUT2D eigenvalue weighted by atomic mass is 10.2. The van der Waals surface area contributed by atoms with Crippen molar-refractivity contribution in [1.29, 1.82) is 0 Å². The molecule has 0 N–H and O–H groups in total. The van der Waals surface area contributed by atoms with Crippen molar-refractivity contribution < 1.29 is 0 Å². The average molecular weight is 173 g/mol. The summed E-state index contributed by atoms with van der Waals surface area (Å²) in [4.78, 5) is 4.20. The van der Waals surface area contributed by atoms with Crippen molar-refractivity contribution in [2.24, 2.45) is 10.2 Å². The Morgan fingerprint density at radius 3 is 3.08 bits per heavy atom. The summed E-state index contributed by atoms with van der Waals surface area (Å²) >= 11 is 0. The first-order valence-electron chi connectivity index (χ1n) is 4.31. The minimum atomic E-state index is 0.148. The summed E-state index contributed by atoms with van der Waals surface area (Å²) in [6, 6.07) is 2.21. The zero-order valence-electron chi connectivity index (χ0n) is 7.73. The third-order valence-corrected chi connectivity index (χ3v) is 1.92. The molecule has 0 aliphatic carbocycles. The highest BCUT2D eigenvalue weighted by Gasteiger charge is 2.05. The lowest BCUT2D eigenvalue weighted by molar-refractivity contribution is 0.855. The van der Waals surface area contributed by atoms with Crippen LogP contribution in [0, 0.1) is 6.92 Å². The van der Waals surface area contributed by atoms with Crippen molar-refractivity contribution in [3.05, 3.63) is 29.5 Å². The van der Waals surface area contributed by atoms with Gasteiger partial charge in [0.05, 0.1) is 6.04 Å². The second kappa shape index (κ2) is 3.09. The molecule has 0 bridgehead atoms. The SMILES string of the molecule is Cc1cnc2c(c1)C=CC(C)N=N2. The maximum absolute atomic E-state index is 4.20. The molecule has 2 heterocycles. The van der Waals surface area contributed by atoms with E-state index in [-0.39, 0.29) is 6.04 Å². The van der Waals surface area contributed by atoms with Crippen LogP contribution in [-0.4, -0.2) is 11.0 Å². The molecule has 0 fully saturated rings. The van der Waals surface area contributed by atoms with Gasteiger partial charge in [-0.3, -0.25) is 0 Å². The summed E-state index contributed by atoms with van der Waals surface area (Å²) in [6.07, 6.45) is 5.86. The molecule has 1 aromatic heterocycles. The summed E-state index contributed by atoms with van der Waals surface area (Å²) in [5.74, 6) is 0.714. The van der Waals surface area contributed by atoms with Crippen molar-refractivity contribution in [3.63, 3.8) is 0 Å². The molecule has 0 saturated carbocycles. The molecule has 1 unspecified atom stereocenters. The smallest absolute Gasteiger partial charge is 0.181 e. The largest absolute Gasteiger partial charge is 0.235 e. The van der Waals surface area contributed by atoms with Gasteiger partial charge in [-0.05, 0) is 25.5 Å². The molecule has 2 rings (SSSR count). The molecule has 0 spiro atoms. The van der Waals surface area contributed by atoms with Gasteiger partial charge in [0.1, 0.15) is 0 Å². The number of azo groups is 1. The highest BCUT2D eigenvalue weighted by Crippen LogP contribution is 2.22. The minimum absolute atomic E-state index is 0.148. The zero-order valence-corrected chi connectivity index (χ0v) is 7.73. The van der Waals surface area contributed by atoms with E-state index >= 15 is 0 Å². The average Bonchev–Trinajstić information content (AvgIpc) is 2.29. The van der Waals surface area contributed by atoms with E-state index in [1.807, 2.05) is 32.2 Å². The van der Waals surface area contributed by atoms with Crippen LogP contribution in [-0.2, 0) is 0 Å². The fourth-order valence-corrected chi connectivity index (χ4v) is 1.22. The summed E-state index contributed by atoms with van der Waals surface area (Å²) < 4.78 is 0. The molecule has 0 radical (unpaired) electrons. The van der Waals surface area contributed by atoms with E-state index in [4.69, 9.17) is 0 Å². The number of hydrogen-bond donors (Lipinski definition) is 0. The van der Waals surface area contributed by atoms with Gasteiger partial charge in [0.2, 0.25) is 0 Å². The molecule has 1 aliphatic rings. The molecule has 3 heteroatoms. The van der Waals surface area contributed by atoms with E-state index in [0.717, 1.165) is 11.1 Å². The number of fused-ring (bicyclic) bond motifs is 1. The number of pyridine rings is 1. The normalized spacial score (nSPS) is 19.7. The number of rotatable bonds is 0. The van der Waals surface area contributed by atoms with E-state index in [1.165, 1.54) is 0 Å². The third-order valence-electron chi connectivity index (χ3n) is 1.92. The third kappa shape index (κ3) is 1.64. The lowest BCUT2D eigenvalue weighted by Gasteiger charge is -1.97. The van der Waals surface area contributed by atoms with Crippen LogP contribution in [0.15, 0.2) is 28.6 Å². The van der Waals surface area contributed by atoms with Crippen LogP contribution in [0.5, 0.6) is 0 Å². The van der Waals surface area contributed by atoms with Crippen molar-refractivity contribution >= 4 is 11.9 Å². The molecule has 1 atom stereocenters. The van der Waals surface area contributed by atoms with Crippen LogP contribution in [0.2, 0.25) is 0 Å². The fraction of sp³-hybridized carbons (Fsp3) is 0.300. The molecule has 1 aliphatic heterocycles. The topological polar surface area (TPSA) is 37.6 Å². The van der Waals surface area contributed by atoms with Gasteiger partial charge in [-0.25, -0.2) is 4.98 Å². The van der Waals surface area contributed by atoms with Gasteiger partial charge in [-0.1, -0.05) is 12.2 Å². The Morgan fingerprint density at radius 2 is 2.23 bits per heavy atom. The van der Waals surface area contributed by atoms with Crippen LogP contribution in [0.25, 0.3) is 6.08 Å². The summed E-state index contributed by atoms with van der Waals surface area (Å²) in [5.41, 5.74) is 2.20. The molecule has 0 amide bonds. The van der Waals surface area contributed by atoms with E-state index < -0.39 is 0 Å². The minimum Gasteiger partial charge on any atom is -0.235 e. The van der Waals surface area contributed by atoms with Gasteiger partial charge in [0, 0.05) is 11.8 Å². The summed E-state index contributed by atoms with van der Waals surface area (Å²) in [7, 11) is 0. The first-order chi connectivity index (χ1) is 6.25. The first kappa shape index (κ1) is 8.10. The van der Waals surface area contributed by atoms with E-state index in [2.05, 4.69) is 21.3 Å². The number of aryl methyl sites for hydroxylation is 1. The standard InChI is InChI=1S/C10H11N3/c1-7-5-9-4-3-8(2)12-13-10(9)11-6-7/h3-6,8H,1-2H3. The van der Waals surface area contributed by atoms with Crippen LogP contribution < -0.4 is 0 Å². The van der Waals surface area contributed by atoms with Crippen molar-refractivity contribution in [3.8, 4) is 0 Å². The first-order valence-corrected chi connectivity index (χ1v) is 4.31. The molecule has 0 saturated heterocycles.